The summed E-state index contributed by atoms with van der Waals surface area (Å²) < 4.78 is 21.3. The second-order valence-corrected chi connectivity index (χ2v) is 7.06. The average Bonchev–Trinajstić information content (AvgIpc) is 2.86. The summed E-state index contributed by atoms with van der Waals surface area (Å²) in [5.41, 5.74) is 2.78. The summed E-state index contributed by atoms with van der Waals surface area (Å²) in [6, 6.07) is 17.3. The fourth-order valence-electron chi connectivity index (χ4n) is 3.27. The van der Waals surface area contributed by atoms with Gasteiger partial charge in [-0.25, -0.2) is 4.79 Å². The molecule has 0 aromatic heterocycles. The minimum atomic E-state index is -0.417. The van der Waals surface area contributed by atoms with Crippen molar-refractivity contribution in [2.24, 2.45) is 0 Å². The first kappa shape index (κ1) is 21.8. The SMILES string of the molecule is COC(=O)c1cccc(C#Cc2cccc(NC(=O)c3cc(OC)c4c(c3)OCCO4)c2)c1. The zero-order chi connectivity index (χ0) is 23.2. The van der Waals surface area contributed by atoms with Crippen LogP contribution in [0.15, 0.2) is 60.7 Å². The smallest absolute Gasteiger partial charge is 0.337 e. The summed E-state index contributed by atoms with van der Waals surface area (Å²) in [6.07, 6.45) is 0. The highest BCUT2D eigenvalue weighted by atomic mass is 16.6. The highest BCUT2D eigenvalue weighted by Crippen LogP contribution is 2.40. The lowest BCUT2D eigenvalue weighted by molar-refractivity contribution is 0.0600. The van der Waals surface area contributed by atoms with Crippen molar-refractivity contribution in [1.29, 1.82) is 0 Å². The van der Waals surface area contributed by atoms with E-state index < -0.39 is 5.97 Å². The standard InChI is InChI=1S/C26H21NO6/c1-30-22-15-20(16-23-24(22)33-12-11-32-23)25(28)27-21-8-4-6-18(14-21)10-9-17-5-3-7-19(13-17)26(29)31-2/h3-8,13-16H,11-12H2,1-2H3,(H,27,28). The molecule has 33 heavy (non-hydrogen) atoms. The van der Waals surface area contributed by atoms with Gasteiger partial charge in [0.2, 0.25) is 5.75 Å². The van der Waals surface area contributed by atoms with Crippen LogP contribution in [0.1, 0.15) is 31.8 Å². The van der Waals surface area contributed by atoms with Crippen LogP contribution in [-0.2, 0) is 4.74 Å². The highest BCUT2D eigenvalue weighted by molar-refractivity contribution is 6.05. The largest absolute Gasteiger partial charge is 0.493 e. The Labute approximate surface area is 191 Å². The molecule has 3 aromatic carbocycles. The number of carbonyl (C=O) groups is 2. The van der Waals surface area contributed by atoms with E-state index in [0.29, 0.717) is 58.4 Å². The molecule has 0 saturated heterocycles. The summed E-state index contributed by atoms with van der Waals surface area (Å²) in [7, 11) is 2.85. The zero-order valence-corrected chi connectivity index (χ0v) is 18.1. The second-order valence-electron chi connectivity index (χ2n) is 7.06. The van der Waals surface area contributed by atoms with E-state index in [1.807, 2.05) is 6.07 Å². The van der Waals surface area contributed by atoms with Crippen molar-refractivity contribution in [2.45, 2.75) is 0 Å². The van der Waals surface area contributed by atoms with Crippen LogP contribution < -0.4 is 19.5 Å². The van der Waals surface area contributed by atoms with E-state index in [4.69, 9.17) is 18.9 Å². The summed E-state index contributed by atoms with van der Waals surface area (Å²) >= 11 is 0. The Bertz CT molecular complexity index is 1250. The van der Waals surface area contributed by atoms with Crippen molar-refractivity contribution < 1.29 is 28.5 Å². The monoisotopic (exact) mass is 443 g/mol. The number of ether oxygens (including phenoxy) is 4. The van der Waals surface area contributed by atoms with Gasteiger partial charge in [0.25, 0.3) is 5.91 Å². The Morgan fingerprint density at radius 2 is 1.61 bits per heavy atom. The highest BCUT2D eigenvalue weighted by Gasteiger charge is 2.21. The molecule has 1 heterocycles. The molecule has 0 unspecified atom stereocenters. The lowest BCUT2D eigenvalue weighted by atomic mass is 10.1. The van der Waals surface area contributed by atoms with Gasteiger partial charge in [-0.2, -0.15) is 0 Å². The van der Waals surface area contributed by atoms with Gasteiger partial charge in [0.05, 0.1) is 19.8 Å². The summed E-state index contributed by atoms with van der Waals surface area (Å²) in [4.78, 5) is 24.5. The maximum atomic E-state index is 12.8. The second kappa shape index (κ2) is 9.79. The lowest BCUT2D eigenvalue weighted by Gasteiger charge is -2.21. The molecule has 3 aromatic rings. The van der Waals surface area contributed by atoms with Crippen LogP contribution >= 0.6 is 0 Å². The molecule has 0 aliphatic carbocycles. The van der Waals surface area contributed by atoms with Gasteiger partial charge in [-0.1, -0.05) is 24.0 Å². The molecule has 1 aliphatic heterocycles. The summed E-state index contributed by atoms with van der Waals surface area (Å²) in [6.45, 7) is 0.834. The molecule has 0 spiro atoms. The molecule has 1 N–H and O–H groups in total. The molecule has 7 heteroatoms. The number of hydrogen-bond acceptors (Lipinski definition) is 6. The predicted molar refractivity (Wildman–Crippen MR) is 122 cm³/mol. The maximum absolute atomic E-state index is 12.8. The number of hydrogen-bond donors (Lipinski definition) is 1. The zero-order valence-electron chi connectivity index (χ0n) is 18.1. The fourth-order valence-corrected chi connectivity index (χ4v) is 3.27. The molecule has 4 rings (SSSR count). The van der Waals surface area contributed by atoms with E-state index >= 15 is 0 Å². The Morgan fingerprint density at radius 3 is 2.36 bits per heavy atom. The molecular formula is C26H21NO6. The van der Waals surface area contributed by atoms with E-state index in [-0.39, 0.29) is 5.91 Å². The number of methoxy groups -OCH3 is 2. The van der Waals surface area contributed by atoms with Gasteiger partial charge in [0.15, 0.2) is 11.5 Å². The molecular weight excluding hydrogens is 422 g/mol. The number of carbonyl (C=O) groups excluding carboxylic acids is 2. The average molecular weight is 443 g/mol. The van der Waals surface area contributed by atoms with Crippen LogP contribution in [0.25, 0.3) is 0 Å². The van der Waals surface area contributed by atoms with E-state index in [1.165, 1.54) is 14.2 Å². The molecule has 166 valence electrons. The molecule has 0 radical (unpaired) electrons. The van der Waals surface area contributed by atoms with E-state index in [0.717, 1.165) is 0 Å². The van der Waals surface area contributed by atoms with Crippen molar-refractivity contribution >= 4 is 17.6 Å². The summed E-state index contributed by atoms with van der Waals surface area (Å²) in [5, 5.41) is 2.87. The molecule has 0 bridgehead atoms. The Kier molecular flexibility index (Phi) is 6.46. The fraction of sp³-hybridized carbons (Fsp3) is 0.154. The number of benzene rings is 3. The molecule has 0 atom stereocenters. The van der Waals surface area contributed by atoms with E-state index in [2.05, 4.69) is 17.2 Å². The predicted octanol–water partition coefficient (Wildman–Crippen LogP) is 3.91. The minimum absolute atomic E-state index is 0.318. The van der Waals surface area contributed by atoms with Crippen LogP contribution in [-0.4, -0.2) is 39.3 Å². The Morgan fingerprint density at radius 1 is 0.879 bits per heavy atom. The van der Waals surface area contributed by atoms with Gasteiger partial charge in [0, 0.05) is 22.4 Å². The number of nitrogens with one attached hydrogen (secondary N) is 1. The quantitative estimate of drug-likeness (QED) is 0.486. The molecule has 1 amide bonds. The number of fused-ring (bicyclic) bond motifs is 1. The van der Waals surface area contributed by atoms with Crippen LogP contribution in [0.2, 0.25) is 0 Å². The minimum Gasteiger partial charge on any atom is -0.493 e. The first-order chi connectivity index (χ1) is 16.1. The normalized spacial score (nSPS) is 11.6. The molecule has 0 saturated carbocycles. The van der Waals surface area contributed by atoms with Gasteiger partial charge in [-0.3, -0.25) is 4.79 Å². The van der Waals surface area contributed by atoms with Crippen LogP contribution in [0.5, 0.6) is 17.2 Å². The van der Waals surface area contributed by atoms with Crippen LogP contribution in [0.3, 0.4) is 0 Å². The van der Waals surface area contributed by atoms with Crippen molar-refractivity contribution in [3.05, 3.63) is 82.9 Å². The maximum Gasteiger partial charge on any atom is 0.337 e. The number of anilines is 1. The van der Waals surface area contributed by atoms with Gasteiger partial charge < -0.3 is 24.3 Å². The Balaban J connectivity index is 1.52. The molecule has 1 aliphatic rings. The van der Waals surface area contributed by atoms with Gasteiger partial charge in [-0.15, -0.1) is 0 Å². The first-order valence-corrected chi connectivity index (χ1v) is 10.2. The topological polar surface area (TPSA) is 83.1 Å². The van der Waals surface area contributed by atoms with E-state index in [9.17, 15) is 9.59 Å². The number of esters is 1. The third-order valence-corrected chi connectivity index (χ3v) is 4.85. The lowest BCUT2D eigenvalue weighted by Crippen LogP contribution is -2.18. The van der Waals surface area contributed by atoms with Gasteiger partial charge >= 0.3 is 5.97 Å². The van der Waals surface area contributed by atoms with Crippen molar-refractivity contribution in [2.75, 3.05) is 32.8 Å². The van der Waals surface area contributed by atoms with Crippen molar-refractivity contribution in [1.82, 2.24) is 0 Å². The number of amides is 1. The van der Waals surface area contributed by atoms with Crippen molar-refractivity contribution in [3.8, 4) is 29.1 Å². The van der Waals surface area contributed by atoms with Crippen LogP contribution in [0.4, 0.5) is 5.69 Å². The Hall–Kier alpha value is -4.44. The summed E-state index contributed by atoms with van der Waals surface area (Å²) in [5.74, 6) is 6.74. The first-order valence-electron chi connectivity index (χ1n) is 10.2. The van der Waals surface area contributed by atoms with Crippen molar-refractivity contribution in [3.63, 3.8) is 0 Å². The molecule has 7 nitrogen and oxygen atoms in total. The van der Waals surface area contributed by atoms with Crippen LogP contribution in [0, 0.1) is 11.8 Å². The third kappa shape index (κ3) is 5.08. The molecule has 0 fully saturated rings. The third-order valence-electron chi connectivity index (χ3n) is 4.85. The van der Waals surface area contributed by atoms with E-state index in [1.54, 1.807) is 54.6 Å². The number of rotatable bonds is 4. The van der Waals surface area contributed by atoms with Gasteiger partial charge in [0.1, 0.15) is 13.2 Å². The van der Waals surface area contributed by atoms with Gasteiger partial charge in [-0.05, 0) is 48.5 Å².